The minimum Gasteiger partial charge on any atom is -0.481 e. The largest absolute Gasteiger partial charge is 0.481 e. The summed E-state index contributed by atoms with van der Waals surface area (Å²) in [5.74, 6) is -0.996. The van der Waals surface area contributed by atoms with Gasteiger partial charge >= 0.3 is 12.6 Å². The predicted molar refractivity (Wildman–Crippen MR) is 62.4 cm³/mol. The fourth-order valence-corrected chi connectivity index (χ4v) is 2.32. The van der Waals surface area contributed by atoms with Crippen molar-refractivity contribution in [1.82, 2.24) is 0 Å². The van der Waals surface area contributed by atoms with Gasteiger partial charge in [0.25, 0.3) is 0 Å². The van der Waals surface area contributed by atoms with Crippen LogP contribution in [-0.2, 0) is 14.9 Å². The molecule has 1 fully saturated rings. The molecule has 0 spiro atoms. The first kappa shape index (κ1) is 13.7. The van der Waals surface area contributed by atoms with Gasteiger partial charge in [-0.1, -0.05) is 12.1 Å². The smallest absolute Gasteiger partial charge is 0.387 e. The van der Waals surface area contributed by atoms with Crippen molar-refractivity contribution >= 4 is 5.97 Å². The van der Waals surface area contributed by atoms with Crippen molar-refractivity contribution in [3.8, 4) is 5.75 Å². The minimum absolute atomic E-state index is 0.0281. The van der Waals surface area contributed by atoms with Crippen molar-refractivity contribution in [3.05, 3.63) is 29.8 Å². The second kappa shape index (κ2) is 5.52. The second-order valence-electron chi connectivity index (χ2n) is 4.41. The van der Waals surface area contributed by atoms with Crippen LogP contribution in [0.15, 0.2) is 24.3 Å². The third kappa shape index (κ3) is 2.84. The molecule has 19 heavy (non-hydrogen) atoms. The van der Waals surface area contributed by atoms with E-state index in [1.807, 2.05) is 0 Å². The standard InChI is InChI=1S/C13H14F2O4/c14-12(15)19-10-3-1-2-9(8-10)13(11(16)17)4-6-18-7-5-13/h1-3,8,12H,4-7H2,(H,16,17). The van der Waals surface area contributed by atoms with Crippen LogP contribution in [0.25, 0.3) is 0 Å². The van der Waals surface area contributed by atoms with Crippen LogP contribution in [0.4, 0.5) is 8.78 Å². The summed E-state index contributed by atoms with van der Waals surface area (Å²) in [4.78, 5) is 11.6. The lowest BCUT2D eigenvalue weighted by Gasteiger charge is -2.33. The number of alkyl halides is 2. The summed E-state index contributed by atoms with van der Waals surface area (Å²) in [7, 11) is 0. The van der Waals surface area contributed by atoms with Crippen LogP contribution >= 0.6 is 0 Å². The highest BCUT2D eigenvalue weighted by molar-refractivity contribution is 5.81. The molecule has 1 aromatic carbocycles. The lowest BCUT2D eigenvalue weighted by molar-refractivity contribution is -0.147. The molecule has 0 amide bonds. The van der Waals surface area contributed by atoms with Gasteiger partial charge in [0.15, 0.2) is 0 Å². The third-order valence-electron chi connectivity index (χ3n) is 3.37. The molecule has 0 bridgehead atoms. The third-order valence-corrected chi connectivity index (χ3v) is 3.37. The molecule has 6 heteroatoms. The van der Waals surface area contributed by atoms with Gasteiger partial charge in [-0.15, -0.1) is 0 Å². The highest BCUT2D eigenvalue weighted by Gasteiger charge is 2.42. The lowest BCUT2D eigenvalue weighted by Crippen LogP contribution is -2.41. The van der Waals surface area contributed by atoms with E-state index in [1.165, 1.54) is 18.2 Å². The van der Waals surface area contributed by atoms with Crippen LogP contribution < -0.4 is 4.74 Å². The van der Waals surface area contributed by atoms with E-state index in [4.69, 9.17) is 4.74 Å². The van der Waals surface area contributed by atoms with Crippen molar-refractivity contribution in [2.45, 2.75) is 24.9 Å². The highest BCUT2D eigenvalue weighted by Crippen LogP contribution is 2.36. The van der Waals surface area contributed by atoms with Gasteiger partial charge in [-0.3, -0.25) is 4.79 Å². The summed E-state index contributed by atoms with van der Waals surface area (Å²) in [5, 5.41) is 9.47. The second-order valence-corrected chi connectivity index (χ2v) is 4.41. The van der Waals surface area contributed by atoms with E-state index in [9.17, 15) is 18.7 Å². The van der Waals surface area contributed by atoms with Crippen molar-refractivity contribution < 1.29 is 28.2 Å². The summed E-state index contributed by atoms with van der Waals surface area (Å²) in [6.45, 7) is -2.25. The lowest BCUT2D eigenvalue weighted by atomic mass is 9.74. The topological polar surface area (TPSA) is 55.8 Å². The molecule has 1 aliphatic rings. The molecular weight excluding hydrogens is 258 g/mol. The summed E-state index contributed by atoms with van der Waals surface area (Å²) in [5.41, 5.74) is -0.610. The van der Waals surface area contributed by atoms with Crippen LogP contribution in [0.3, 0.4) is 0 Å². The molecule has 1 aliphatic heterocycles. The van der Waals surface area contributed by atoms with Crippen LogP contribution in [0, 0.1) is 0 Å². The number of hydrogen-bond donors (Lipinski definition) is 1. The fourth-order valence-electron chi connectivity index (χ4n) is 2.32. The van der Waals surface area contributed by atoms with E-state index in [1.54, 1.807) is 6.07 Å². The summed E-state index contributed by atoms with van der Waals surface area (Å²) in [6.07, 6.45) is 0.640. The van der Waals surface area contributed by atoms with Crippen LogP contribution in [0.1, 0.15) is 18.4 Å². The van der Waals surface area contributed by atoms with Gasteiger partial charge in [0, 0.05) is 13.2 Å². The van der Waals surface area contributed by atoms with Gasteiger partial charge in [-0.05, 0) is 30.5 Å². The molecule has 0 aromatic heterocycles. The van der Waals surface area contributed by atoms with Gasteiger partial charge in [0.1, 0.15) is 5.75 Å². The van der Waals surface area contributed by atoms with E-state index in [0.29, 0.717) is 31.6 Å². The molecule has 4 nitrogen and oxygen atoms in total. The molecule has 1 heterocycles. The van der Waals surface area contributed by atoms with E-state index >= 15 is 0 Å². The Labute approximate surface area is 108 Å². The number of carbonyl (C=O) groups is 1. The normalized spacial score (nSPS) is 18.3. The minimum atomic E-state index is -2.93. The number of ether oxygens (including phenoxy) is 2. The maximum absolute atomic E-state index is 12.2. The number of carboxylic acid groups (broad SMARTS) is 1. The Morgan fingerprint density at radius 3 is 2.63 bits per heavy atom. The average Bonchev–Trinajstić information content (AvgIpc) is 2.39. The number of halogens is 2. The molecule has 0 radical (unpaired) electrons. The van der Waals surface area contributed by atoms with Crippen molar-refractivity contribution in [2.75, 3.05) is 13.2 Å². The van der Waals surface area contributed by atoms with Crippen LogP contribution in [0.5, 0.6) is 5.75 Å². The van der Waals surface area contributed by atoms with E-state index < -0.39 is 18.0 Å². The molecule has 1 aromatic rings. The summed E-state index contributed by atoms with van der Waals surface area (Å²) in [6, 6.07) is 5.89. The molecule has 0 saturated carbocycles. The zero-order valence-electron chi connectivity index (χ0n) is 10.1. The molecule has 0 atom stereocenters. The number of hydrogen-bond acceptors (Lipinski definition) is 3. The Morgan fingerprint density at radius 2 is 2.05 bits per heavy atom. The number of benzene rings is 1. The average molecular weight is 272 g/mol. The Balaban J connectivity index is 2.34. The molecule has 0 unspecified atom stereocenters. The number of carboxylic acids is 1. The van der Waals surface area contributed by atoms with Gasteiger partial charge in [-0.25, -0.2) is 0 Å². The molecule has 104 valence electrons. The zero-order chi connectivity index (χ0) is 13.9. The number of aliphatic carboxylic acids is 1. The summed E-state index contributed by atoms with van der Waals surface area (Å²) < 4.78 is 33.9. The molecule has 1 N–H and O–H groups in total. The van der Waals surface area contributed by atoms with Gasteiger partial charge < -0.3 is 14.6 Å². The zero-order valence-corrected chi connectivity index (χ0v) is 10.1. The van der Waals surface area contributed by atoms with Gasteiger partial charge in [-0.2, -0.15) is 8.78 Å². The Bertz CT molecular complexity index is 456. The fraction of sp³-hybridized carbons (Fsp3) is 0.462. The Morgan fingerprint density at radius 1 is 1.37 bits per heavy atom. The molecule has 0 aliphatic carbocycles. The molecule has 2 rings (SSSR count). The van der Waals surface area contributed by atoms with E-state index in [-0.39, 0.29) is 5.75 Å². The van der Waals surface area contributed by atoms with Gasteiger partial charge in [0.05, 0.1) is 5.41 Å². The van der Waals surface area contributed by atoms with E-state index in [0.717, 1.165) is 0 Å². The number of rotatable bonds is 4. The van der Waals surface area contributed by atoms with Crippen LogP contribution in [-0.4, -0.2) is 30.9 Å². The molecular formula is C13H14F2O4. The summed E-state index contributed by atoms with van der Waals surface area (Å²) >= 11 is 0. The first-order chi connectivity index (χ1) is 9.04. The van der Waals surface area contributed by atoms with Crippen molar-refractivity contribution in [2.24, 2.45) is 0 Å². The first-order valence-corrected chi connectivity index (χ1v) is 5.91. The van der Waals surface area contributed by atoms with Crippen molar-refractivity contribution in [1.29, 1.82) is 0 Å². The quantitative estimate of drug-likeness (QED) is 0.914. The van der Waals surface area contributed by atoms with Crippen molar-refractivity contribution in [3.63, 3.8) is 0 Å². The predicted octanol–water partition coefficient (Wildman–Crippen LogP) is 2.42. The van der Waals surface area contributed by atoms with Gasteiger partial charge in [0.2, 0.25) is 0 Å². The SMILES string of the molecule is O=C(O)C1(c2cccc(OC(F)F)c2)CCOCC1. The van der Waals surface area contributed by atoms with E-state index in [2.05, 4.69) is 4.74 Å². The maximum Gasteiger partial charge on any atom is 0.387 e. The first-order valence-electron chi connectivity index (χ1n) is 5.91. The highest BCUT2D eigenvalue weighted by atomic mass is 19.3. The Kier molecular flexibility index (Phi) is 3.99. The maximum atomic E-state index is 12.2. The Hall–Kier alpha value is -1.69. The molecule has 1 saturated heterocycles. The van der Waals surface area contributed by atoms with Crippen LogP contribution in [0.2, 0.25) is 0 Å². The monoisotopic (exact) mass is 272 g/mol.